The van der Waals surface area contributed by atoms with Crippen molar-refractivity contribution in [3.8, 4) is 0 Å². The van der Waals surface area contributed by atoms with Gasteiger partial charge in [0.25, 0.3) is 10.2 Å². The lowest BCUT2D eigenvalue weighted by Crippen LogP contribution is -2.54. The lowest BCUT2D eigenvalue weighted by molar-refractivity contribution is 0.169. The van der Waals surface area contributed by atoms with E-state index in [0.29, 0.717) is 38.3 Å². The summed E-state index contributed by atoms with van der Waals surface area (Å²) in [5.41, 5.74) is 0.665. The highest BCUT2D eigenvalue weighted by atomic mass is 32.2. The molecule has 0 N–H and O–H groups in total. The van der Waals surface area contributed by atoms with Gasteiger partial charge in [-0.25, -0.2) is 4.39 Å². The zero-order valence-electron chi connectivity index (χ0n) is 14.9. The Morgan fingerprint density at radius 2 is 1.72 bits per heavy atom. The molecule has 1 aromatic carbocycles. The summed E-state index contributed by atoms with van der Waals surface area (Å²) >= 11 is 0. The monoisotopic (exact) mass is 369 g/mol. The third-order valence-corrected chi connectivity index (χ3v) is 7.51. The fourth-order valence-corrected chi connectivity index (χ4v) is 5.38. The van der Waals surface area contributed by atoms with Gasteiger partial charge in [0.05, 0.1) is 0 Å². The minimum atomic E-state index is -3.40. The average Bonchev–Trinajstić information content (AvgIpc) is 2.64. The van der Waals surface area contributed by atoms with E-state index in [1.165, 1.54) is 12.5 Å². The molecular weight excluding hydrogens is 341 g/mol. The number of hydrogen-bond donors (Lipinski definition) is 0. The normalized spacial score (nSPS) is 21.7. The van der Waals surface area contributed by atoms with Gasteiger partial charge in [-0.3, -0.25) is 4.90 Å². The lowest BCUT2D eigenvalue weighted by atomic mass is 9.96. The van der Waals surface area contributed by atoms with Crippen LogP contribution in [0.1, 0.15) is 37.7 Å². The second-order valence-corrected chi connectivity index (χ2v) is 9.07. The molecule has 0 radical (unpaired) electrons. The van der Waals surface area contributed by atoms with Gasteiger partial charge in [0.1, 0.15) is 5.82 Å². The van der Waals surface area contributed by atoms with E-state index in [-0.39, 0.29) is 11.9 Å². The topological polar surface area (TPSA) is 43.9 Å². The van der Waals surface area contributed by atoms with Crippen molar-refractivity contribution in [3.05, 3.63) is 35.6 Å². The summed E-state index contributed by atoms with van der Waals surface area (Å²) in [6, 6.07) is 6.91. The van der Waals surface area contributed by atoms with Gasteiger partial charge in [-0.15, -0.1) is 0 Å². The van der Waals surface area contributed by atoms with Crippen LogP contribution in [0, 0.1) is 5.82 Å². The molecule has 0 spiro atoms. The minimum Gasteiger partial charge on any atom is -0.296 e. The number of hydrogen-bond acceptors (Lipinski definition) is 3. The van der Waals surface area contributed by atoms with Crippen LogP contribution in [0.15, 0.2) is 24.3 Å². The summed E-state index contributed by atoms with van der Waals surface area (Å²) in [4.78, 5) is 2.12. The van der Waals surface area contributed by atoms with Crippen molar-refractivity contribution in [3.63, 3.8) is 0 Å². The van der Waals surface area contributed by atoms with Crippen molar-refractivity contribution in [2.24, 2.45) is 0 Å². The van der Waals surface area contributed by atoms with Crippen LogP contribution in [0.3, 0.4) is 0 Å². The lowest BCUT2D eigenvalue weighted by Gasteiger charge is -2.38. The molecule has 1 saturated carbocycles. The van der Waals surface area contributed by atoms with Gasteiger partial charge in [-0.2, -0.15) is 17.0 Å². The zero-order valence-corrected chi connectivity index (χ0v) is 15.7. The second-order valence-electron chi connectivity index (χ2n) is 7.08. The van der Waals surface area contributed by atoms with Crippen LogP contribution in [0.25, 0.3) is 0 Å². The Balaban J connectivity index is 1.56. The fraction of sp³-hybridized carbons (Fsp3) is 0.667. The van der Waals surface area contributed by atoms with Crippen molar-refractivity contribution in [1.29, 1.82) is 0 Å². The smallest absolute Gasteiger partial charge is 0.282 e. The van der Waals surface area contributed by atoms with Crippen LogP contribution in [-0.4, -0.2) is 61.2 Å². The third-order valence-electron chi connectivity index (χ3n) is 5.46. The van der Waals surface area contributed by atoms with E-state index in [9.17, 15) is 12.8 Å². The van der Waals surface area contributed by atoms with Crippen molar-refractivity contribution < 1.29 is 12.8 Å². The maximum absolute atomic E-state index is 13.8. The Morgan fingerprint density at radius 1 is 1.08 bits per heavy atom. The Labute approximate surface area is 150 Å². The molecule has 0 amide bonds. The van der Waals surface area contributed by atoms with Crippen LogP contribution >= 0.6 is 0 Å². The molecule has 2 aliphatic rings. The molecule has 1 aliphatic carbocycles. The van der Waals surface area contributed by atoms with E-state index in [1.54, 1.807) is 27.8 Å². The summed E-state index contributed by atoms with van der Waals surface area (Å²) in [7, 11) is -1.68. The predicted molar refractivity (Wildman–Crippen MR) is 96.8 cm³/mol. The predicted octanol–water partition coefficient (Wildman–Crippen LogP) is 2.45. The Bertz CT molecular complexity index is 669. The standard InChI is InChI=1S/C18H28FN3O2S/c1-20(17-8-3-2-4-9-17)25(23,24)22-13-11-21(12-14-22)15-16-7-5-6-10-18(16)19/h5-7,10,17H,2-4,8-9,11-15H2,1H3. The largest absolute Gasteiger partial charge is 0.296 e. The first kappa shape index (κ1) is 18.8. The van der Waals surface area contributed by atoms with E-state index >= 15 is 0 Å². The van der Waals surface area contributed by atoms with Crippen molar-refractivity contribution >= 4 is 10.2 Å². The van der Waals surface area contributed by atoms with Crippen molar-refractivity contribution in [2.75, 3.05) is 33.2 Å². The van der Waals surface area contributed by atoms with Gasteiger partial charge < -0.3 is 0 Å². The maximum Gasteiger partial charge on any atom is 0.282 e. The van der Waals surface area contributed by atoms with Crippen LogP contribution < -0.4 is 0 Å². The summed E-state index contributed by atoms with van der Waals surface area (Å²) < 4.78 is 42.7. The molecule has 0 bridgehead atoms. The number of halogens is 1. The number of nitrogens with zero attached hydrogens (tertiary/aromatic N) is 3. The zero-order chi connectivity index (χ0) is 17.9. The van der Waals surface area contributed by atoms with E-state index in [2.05, 4.69) is 4.90 Å². The second kappa shape index (κ2) is 8.12. The van der Waals surface area contributed by atoms with Crippen LogP contribution in [0.2, 0.25) is 0 Å². The van der Waals surface area contributed by atoms with Gasteiger partial charge in [-0.1, -0.05) is 37.5 Å². The number of benzene rings is 1. The first-order chi connectivity index (χ1) is 12.0. The molecule has 7 heteroatoms. The molecule has 0 atom stereocenters. The highest BCUT2D eigenvalue weighted by Crippen LogP contribution is 2.25. The highest BCUT2D eigenvalue weighted by molar-refractivity contribution is 7.86. The fourth-order valence-electron chi connectivity index (χ4n) is 3.80. The third kappa shape index (κ3) is 4.39. The Kier molecular flexibility index (Phi) is 6.09. The Hall–Kier alpha value is -1.02. The van der Waals surface area contributed by atoms with Gasteiger partial charge in [-0.05, 0) is 18.9 Å². The highest BCUT2D eigenvalue weighted by Gasteiger charge is 2.34. The number of rotatable bonds is 5. The van der Waals surface area contributed by atoms with E-state index in [0.717, 1.165) is 25.7 Å². The molecule has 1 heterocycles. The molecule has 2 fully saturated rings. The van der Waals surface area contributed by atoms with Crippen LogP contribution in [-0.2, 0) is 16.8 Å². The van der Waals surface area contributed by atoms with Gasteiger partial charge in [0.15, 0.2) is 0 Å². The van der Waals surface area contributed by atoms with Gasteiger partial charge in [0, 0.05) is 51.4 Å². The quantitative estimate of drug-likeness (QED) is 0.801. The van der Waals surface area contributed by atoms with E-state index in [1.807, 2.05) is 6.07 Å². The maximum atomic E-state index is 13.8. The first-order valence-electron chi connectivity index (χ1n) is 9.17. The Morgan fingerprint density at radius 3 is 2.36 bits per heavy atom. The number of piperazine rings is 1. The first-order valence-corrected chi connectivity index (χ1v) is 10.6. The average molecular weight is 370 g/mol. The molecule has 140 valence electrons. The SMILES string of the molecule is CN(C1CCCCC1)S(=O)(=O)N1CCN(Cc2ccccc2F)CC1. The van der Waals surface area contributed by atoms with Crippen molar-refractivity contribution in [2.45, 2.75) is 44.7 Å². The summed E-state index contributed by atoms with van der Waals surface area (Å²) in [6.07, 6.45) is 5.35. The van der Waals surface area contributed by atoms with Gasteiger partial charge in [0.2, 0.25) is 0 Å². The summed E-state index contributed by atoms with van der Waals surface area (Å²) in [5, 5.41) is 0. The molecule has 0 unspecified atom stereocenters. The molecular formula is C18H28FN3O2S. The molecule has 1 aliphatic heterocycles. The summed E-state index contributed by atoms with van der Waals surface area (Å²) in [6.45, 7) is 2.72. The molecule has 25 heavy (non-hydrogen) atoms. The van der Waals surface area contributed by atoms with Crippen LogP contribution in [0.5, 0.6) is 0 Å². The van der Waals surface area contributed by atoms with E-state index < -0.39 is 10.2 Å². The molecule has 0 aromatic heterocycles. The molecule has 1 aromatic rings. The molecule has 1 saturated heterocycles. The van der Waals surface area contributed by atoms with E-state index in [4.69, 9.17) is 0 Å². The molecule has 5 nitrogen and oxygen atoms in total. The molecule has 3 rings (SSSR count). The minimum absolute atomic E-state index is 0.134. The van der Waals surface area contributed by atoms with Crippen molar-refractivity contribution in [1.82, 2.24) is 13.5 Å². The van der Waals surface area contributed by atoms with Crippen LogP contribution in [0.4, 0.5) is 4.39 Å². The summed E-state index contributed by atoms with van der Waals surface area (Å²) in [5.74, 6) is -0.199. The van der Waals surface area contributed by atoms with Gasteiger partial charge >= 0.3 is 0 Å².